The van der Waals surface area contributed by atoms with Gasteiger partial charge in [-0.15, -0.1) is 0 Å². The summed E-state index contributed by atoms with van der Waals surface area (Å²) in [5, 5.41) is 11.8. The van der Waals surface area contributed by atoms with Crippen LogP contribution in [0, 0.1) is 34.0 Å². The second kappa shape index (κ2) is 7.46. The molecule has 0 aromatic heterocycles. The predicted molar refractivity (Wildman–Crippen MR) is 118 cm³/mol. The second-order valence-electron chi connectivity index (χ2n) is 12.0. The highest BCUT2D eigenvalue weighted by atomic mass is 16.6. The third-order valence-corrected chi connectivity index (χ3v) is 10.9. The number of aliphatic hydroxyl groups is 1. The molecular formula is C26H42O5. The number of carbonyl (C=O) groups is 2. The molecule has 0 spiro atoms. The molecule has 31 heavy (non-hydrogen) atoms. The first-order chi connectivity index (χ1) is 14.4. The maximum absolute atomic E-state index is 11.8. The van der Waals surface area contributed by atoms with Crippen LogP contribution in [0.3, 0.4) is 0 Å². The van der Waals surface area contributed by atoms with Crippen molar-refractivity contribution in [3.63, 3.8) is 0 Å². The van der Waals surface area contributed by atoms with Gasteiger partial charge in [-0.2, -0.15) is 0 Å². The number of hydrogen-bond donors (Lipinski definition) is 1. The summed E-state index contributed by atoms with van der Waals surface area (Å²) in [6.07, 6.45) is 8.82. The second-order valence-corrected chi connectivity index (χ2v) is 12.0. The smallest absolute Gasteiger partial charge is 0.302 e. The van der Waals surface area contributed by atoms with E-state index in [0.29, 0.717) is 24.2 Å². The average Bonchev–Trinajstić information content (AvgIpc) is 2.94. The van der Waals surface area contributed by atoms with Crippen LogP contribution in [0.15, 0.2) is 0 Å². The van der Waals surface area contributed by atoms with Crippen molar-refractivity contribution in [1.82, 2.24) is 0 Å². The van der Waals surface area contributed by atoms with Crippen LogP contribution in [0.2, 0.25) is 0 Å². The van der Waals surface area contributed by atoms with Gasteiger partial charge >= 0.3 is 11.9 Å². The number of fused-ring (bicyclic) bond motifs is 5. The van der Waals surface area contributed by atoms with Crippen molar-refractivity contribution in [2.45, 2.75) is 117 Å². The number of ether oxygens (including phenoxy) is 2. The zero-order chi connectivity index (χ0) is 22.8. The van der Waals surface area contributed by atoms with Crippen LogP contribution >= 0.6 is 0 Å². The molecule has 4 rings (SSSR count). The van der Waals surface area contributed by atoms with Gasteiger partial charge in [0, 0.05) is 19.3 Å². The molecule has 9 atom stereocenters. The fraction of sp³-hybridized carbons (Fsp3) is 0.923. The molecule has 0 bridgehead atoms. The lowest BCUT2D eigenvalue weighted by atomic mass is 9.40. The summed E-state index contributed by atoms with van der Waals surface area (Å²) in [4.78, 5) is 23.2. The summed E-state index contributed by atoms with van der Waals surface area (Å²) < 4.78 is 11.2. The Morgan fingerprint density at radius 3 is 2.13 bits per heavy atom. The van der Waals surface area contributed by atoms with Gasteiger partial charge in [-0.05, 0) is 93.3 Å². The average molecular weight is 435 g/mol. The van der Waals surface area contributed by atoms with Crippen molar-refractivity contribution in [2.75, 3.05) is 0 Å². The lowest BCUT2D eigenvalue weighted by Crippen LogP contribution is -2.61. The largest absolute Gasteiger partial charge is 0.463 e. The molecule has 0 heterocycles. The van der Waals surface area contributed by atoms with E-state index in [1.807, 2.05) is 6.92 Å². The molecule has 9 unspecified atom stereocenters. The molecule has 1 N–H and O–H groups in total. The maximum Gasteiger partial charge on any atom is 0.302 e. The molecule has 4 aliphatic rings. The molecule has 0 amide bonds. The molecule has 4 saturated carbocycles. The minimum absolute atomic E-state index is 0.0575. The van der Waals surface area contributed by atoms with Crippen LogP contribution in [0.5, 0.6) is 0 Å². The Morgan fingerprint density at radius 2 is 1.48 bits per heavy atom. The van der Waals surface area contributed by atoms with Gasteiger partial charge in [0.2, 0.25) is 0 Å². The molecule has 0 saturated heterocycles. The van der Waals surface area contributed by atoms with Gasteiger partial charge in [0.1, 0.15) is 17.8 Å². The quantitative estimate of drug-likeness (QED) is 0.631. The molecule has 5 nitrogen and oxygen atoms in total. The van der Waals surface area contributed by atoms with E-state index in [1.165, 1.54) is 20.3 Å². The van der Waals surface area contributed by atoms with E-state index in [2.05, 4.69) is 20.8 Å². The summed E-state index contributed by atoms with van der Waals surface area (Å²) in [6.45, 7) is 12.0. The van der Waals surface area contributed by atoms with Crippen molar-refractivity contribution in [2.24, 2.45) is 34.0 Å². The van der Waals surface area contributed by atoms with Crippen molar-refractivity contribution in [1.29, 1.82) is 0 Å². The van der Waals surface area contributed by atoms with Crippen LogP contribution in [-0.4, -0.2) is 34.9 Å². The van der Waals surface area contributed by atoms with Crippen LogP contribution in [0.1, 0.15) is 99.3 Å². The topological polar surface area (TPSA) is 72.8 Å². The van der Waals surface area contributed by atoms with E-state index in [0.717, 1.165) is 44.9 Å². The van der Waals surface area contributed by atoms with E-state index in [4.69, 9.17) is 9.47 Å². The fourth-order valence-electron chi connectivity index (χ4n) is 8.99. The van der Waals surface area contributed by atoms with Gasteiger partial charge in [-0.3, -0.25) is 9.59 Å². The van der Waals surface area contributed by atoms with Crippen LogP contribution < -0.4 is 0 Å². The van der Waals surface area contributed by atoms with Gasteiger partial charge in [0.05, 0.1) is 0 Å². The van der Waals surface area contributed by atoms with Crippen LogP contribution in [0.25, 0.3) is 0 Å². The molecule has 176 valence electrons. The molecular weight excluding hydrogens is 392 g/mol. The Kier molecular flexibility index (Phi) is 5.55. The zero-order valence-electron chi connectivity index (χ0n) is 20.3. The molecule has 5 heteroatoms. The lowest BCUT2D eigenvalue weighted by molar-refractivity contribution is -0.212. The maximum atomic E-state index is 11.8. The van der Waals surface area contributed by atoms with Gasteiger partial charge in [0.25, 0.3) is 0 Å². The summed E-state index contributed by atoms with van der Waals surface area (Å²) in [5.74, 6) is 1.26. The summed E-state index contributed by atoms with van der Waals surface area (Å²) in [7, 11) is 0. The van der Waals surface area contributed by atoms with Crippen molar-refractivity contribution in [3.05, 3.63) is 0 Å². The van der Waals surface area contributed by atoms with Crippen LogP contribution in [0.4, 0.5) is 0 Å². The number of hydrogen-bond acceptors (Lipinski definition) is 5. The standard InChI is InChI=1S/C26H42O5/c1-16(30-17(2)27)26(29)14-10-22-20-8-11-23(4)15-19(31-18(3)28)7-12-24(23,5)21(20)9-13-25(22,26)6/h16,19-22,29H,7-15H2,1-6H3. The van der Waals surface area contributed by atoms with Gasteiger partial charge in [-0.1, -0.05) is 20.8 Å². The Bertz CT molecular complexity index is 750. The lowest BCUT2D eigenvalue weighted by Gasteiger charge is -2.65. The van der Waals surface area contributed by atoms with Crippen molar-refractivity contribution in [3.8, 4) is 0 Å². The Balaban J connectivity index is 1.58. The molecule has 4 fully saturated rings. The number of carbonyl (C=O) groups excluding carboxylic acids is 2. The van der Waals surface area contributed by atoms with E-state index >= 15 is 0 Å². The summed E-state index contributed by atoms with van der Waals surface area (Å²) in [5.41, 5.74) is -0.707. The third-order valence-electron chi connectivity index (χ3n) is 10.9. The van der Waals surface area contributed by atoms with E-state index in [-0.39, 0.29) is 34.3 Å². The van der Waals surface area contributed by atoms with Gasteiger partial charge in [0.15, 0.2) is 0 Å². The molecule has 0 radical (unpaired) electrons. The van der Waals surface area contributed by atoms with Gasteiger partial charge < -0.3 is 14.6 Å². The van der Waals surface area contributed by atoms with Crippen molar-refractivity contribution >= 4 is 11.9 Å². The van der Waals surface area contributed by atoms with Gasteiger partial charge in [-0.25, -0.2) is 0 Å². The highest BCUT2D eigenvalue weighted by molar-refractivity contribution is 5.66. The van der Waals surface area contributed by atoms with Crippen molar-refractivity contribution < 1.29 is 24.2 Å². The highest BCUT2D eigenvalue weighted by Gasteiger charge is 2.68. The third kappa shape index (κ3) is 3.28. The first-order valence-corrected chi connectivity index (χ1v) is 12.4. The van der Waals surface area contributed by atoms with E-state index < -0.39 is 11.7 Å². The Morgan fingerprint density at radius 1 is 0.871 bits per heavy atom. The van der Waals surface area contributed by atoms with Crippen LogP contribution in [-0.2, 0) is 19.1 Å². The SMILES string of the molecule is CC(=O)OC1CCC2(C)C3CCC4(C)C(CCC4(O)C(C)OC(C)=O)C3CCC2(C)C1. The first kappa shape index (κ1) is 23.1. The summed E-state index contributed by atoms with van der Waals surface area (Å²) >= 11 is 0. The minimum atomic E-state index is -0.942. The monoisotopic (exact) mass is 434 g/mol. The summed E-state index contributed by atoms with van der Waals surface area (Å²) in [6, 6.07) is 0. The molecule has 4 aliphatic carbocycles. The minimum Gasteiger partial charge on any atom is -0.463 e. The number of rotatable bonds is 3. The Hall–Kier alpha value is -1.10. The molecule has 0 aliphatic heterocycles. The van der Waals surface area contributed by atoms with E-state index in [9.17, 15) is 14.7 Å². The normalized spacial score (nSPS) is 49.9. The first-order valence-electron chi connectivity index (χ1n) is 12.4. The zero-order valence-corrected chi connectivity index (χ0v) is 20.3. The number of esters is 2. The molecule has 0 aromatic rings. The van der Waals surface area contributed by atoms with E-state index in [1.54, 1.807) is 0 Å². The predicted octanol–water partition coefficient (Wildman–Crippen LogP) is 5.03. The molecule has 0 aromatic carbocycles. The fourth-order valence-corrected chi connectivity index (χ4v) is 8.99. The highest BCUT2D eigenvalue weighted by Crippen LogP contribution is 2.71. The Labute approximate surface area is 187 Å².